The molecule has 11 heavy (non-hydrogen) atoms. The lowest BCUT2D eigenvalue weighted by Crippen LogP contribution is -2.30. The molecule has 0 radical (unpaired) electrons. The first-order valence-corrected chi connectivity index (χ1v) is 3.97. The molecule has 0 saturated heterocycles. The fourth-order valence-electron chi connectivity index (χ4n) is 1.67. The summed E-state index contributed by atoms with van der Waals surface area (Å²) >= 11 is 0. The molecule has 0 aromatic carbocycles. The largest absolute Gasteiger partial charge is 0.380 e. The molecule has 2 heteroatoms. The molecule has 2 heterocycles. The van der Waals surface area contributed by atoms with Crippen LogP contribution in [0.25, 0.3) is 0 Å². The standard InChI is InChI=1S/C9H12N2/c1-6-3-7(2)11-9-5-10-4-8(6)9/h4-5,7,11H,3H2,1-2H3. The lowest BCUT2D eigenvalue weighted by Gasteiger charge is -2.23. The predicted octanol–water partition coefficient (Wildman–Crippen LogP) is 1.61. The van der Waals surface area contributed by atoms with E-state index in [0.717, 1.165) is 6.42 Å². The van der Waals surface area contributed by atoms with Crippen molar-refractivity contribution in [1.29, 1.82) is 0 Å². The number of allylic oxidation sites excluding steroid dienone is 1. The van der Waals surface area contributed by atoms with Gasteiger partial charge in [0.1, 0.15) is 0 Å². The summed E-state index contributed by atoms with van der Waals surface area (Å²) in [6, 6.07) is 0.562. The van der Waals surface area contributed by atoms with Gasteiger partial charge in [-0.2, -0.15) is 0 Å². The van der Waals surface area contributed by atoms with E-state index in [1.54, 1.807) is 0 Å². The van der Waals surface area contributed by atoms with Crippen LogP contribution in [0.4, 0.5) is 0 Å². The Morgan fingerprint density at radius 2 is 2.45 bits per heavy atom. The average molecular weight is 148 g/mol. The number of nitrogens with zero attached hydrogens (tertiary/aromatic N) is 1. The molecular formula is C9H12N2. The van der Waals surface area contributed by atoms with Crippen LogP contribution in [0.5, 0.6) is 0 Å². The van der Waals surface area contributed by atoms with E-state index in [0.29, 0.717) is 6.04 Å². The summed E-state index contributed by atoms with van der Waals surface area (Å²) in [5.41, 5.74) is 3.94. The van der Waals surface area contributed by atoms with Crippen LogP contribution in [-0.2, 0) is 0 Å². The lowest BCUT2D eigenvalue weighted by molar-refractivity contribution is 0.592. The minimum atomic E-state index is 0.562. The van der Waals surface area contributed by atoms with E-state index < -0.39 is 0 Å². The van der Waals surface area contributed by atoms with Gasteiger partial charge < -0.3 is 5.32 Å². The van der Waals surface area contributed by atoms with Crippen LogP contribution in [0.2, 0.25) is 0 Å². The Bertz CT molecular complexity index is 271. The van der Waals surface area contributed by atoms with Gasteiger partial charge in [0.2, 0.25) is 0 Å². The summed E-state index contributed by atoms with van der Waals surface area (Å²) in [7, 11) is 0. The van der Waals surface area contributed by atoms with Gasteiger partial charge >= 0.3 is 0 Å². The summed E-state index contributed by atoms with van der Waals surface area (Å²) < 4.78 is 0. The summed E-state index contributed by atoms with van der Waals surface area (Å²) in [6.07, 6.45) is 4.97. The van der Waals surface area contributed by atoms with Gasteiger partial charge in [0.05, 0.1) is 11.9 Å². The van der Waals surface area contributed by atoms with Gasteiger partial charge in [-0.05, 0) is 20.3 Å². The second-order valence-electron chi connectivity index (χ2n) is 3.26. The molecule has 0 fully saturated rings. The maximum Gasteiger partial charge on any atom is 0.0616 e. The highest BCUT2D eigenvalue weighted by Gasteiger charge is 2.19. The van der Waals surface area contributed by atoms with Crippen molar-refractivity contribution >= 4 is 6.21 Å². The topological polar surface area (TPSA) is 24.4 Å². The molecule has 1 atom stereocenters. The van der Waals surface area contributed by atoms with Crippen molar-refractivity contribution in [1.82, 2.24) is 5.32 Å². The van der Waals surface area contributed by atoms with Crippen LogP contribution in [0.3, 0.4) is 0 Å². The van der Waals surface area contributed by atoms with Crippen LogP contribution in [0.15, 0.2) is 28.0 Å². The maximum atomic E-state index is 4.11. The van der Waals surface area contributed by atoms with Crippen molar-refractivity contribution in [3.8, 4) is 0 Å². The van der Waals surface area contributed by atoms with Crippen LogP contribution in [0, 0.1) is 0 Å². The van der Waals surface area contributed by atoms with Crippen LogP contribution >= 0.6 is 0 Å². The summed E-state index contributed by atoms with van der Waals surface area (Å²) in [5, 5.41) is 3.39. The van der Waals surface area contributed by atoms with Gasteiger partial charge in [0.25, 0.3) is 0 Å². The Morgan fingerprint density at radius 3 is 3.27 bits per heavy atom. The molecule has 0 bridgehead atoms. The average Bonchev–Trinajstić information content (AvgIpc) is 2.34. The number of rotatable bonds is 0. The van der Waals surface area contributed by atoms with E-state index in [-0.39, 0.29) is 0 Å². The van der Waals surface area contributed by atoms with Crippen molar-refractivity contribution < 1.29 is 0 Å². The van der Waals surface area contributed by atoms with Crippen molar-refractivity contribution in [2.24, 2.45) is 4.99 Å². The van der Waals surface area contributed by atoms with Crippen molar-refractivity contribution in [2.45, 2.75) is 26.3 Å². The number of hydrogen-bond donors (Lipinski definition) is 1. The van der Waals surface area contributed by atoms with E-state index in [1.807, 2.05) is 12.4 Å². The van der Waals surface area contributed by atoms with Crippen LogP contribution in [-0.4, -0.2) is 12.3 Å². The number of nitrogens with one attached hydrogen (secondary N) is 1. The summed E-state index contributed by atoms with van der Waals surface area (Å²) in [4.78, 5) is 4.11. The van der Waals surface area contributed by atoms with Crippen molar-refractivity contribution in [3.05, 3.63) is 23.0 Å². The zero-order chi connectivity index (χ0) is 7.84. The molecule has 0 saturated carbocycles. The number of hydrogen-bond acceptors (Lipinski definition) is 2. The van der Waals surface area contributed by atoms with E-state index >= 15 is 0 Å². The molecule has 58 valence electrons. The zero-order valence-electron chi connectivity index (χ0n) is 6.89. The summed E-state index contributed by atoms with van der Waals surface area (Å²) in [6.45, 7) is 4.37. The fourth-order valence-corrected chi connectivity index (χ4v) is 1.67. The molecule has 1 unspecified atom stereocenters. The fraction of sp³-hybridized carbons (Fsp3) is 0.444. The molecule has 2 rings (SSSR count). The molecule has 0 aliphatic carbocycles. The Kier molecular flexibility index (Phi) is 1.34. The molecule has 0 aromatic rings. The Morgan fingerprint density at radius 1 is 1.64 bits per heavy atom. The monoisotopic (exact) mass is 148 g/mol. The highest BCUT2D eigenvalue weighted by Crippen LogP contribution is 2.24. The van der Waals surface area contributed by atoms with E-state index in [4.69, 9.17) is 0 Å². The third kappa shape index (κ3) is 0.985. The molecule has 0 spiro atoms. The Balaban J connectivity index is 2.40. The minimum absolute atomic E-state index is 0.562. The molecule has 2 nitrogen and oxygen atoms in total. The molecule has 2 aliphatic heterocycles. The number of fused-ring (bicyclic) bond motifs is 1. The van der Waals surface area contributed by atoms with Gasteiger partial charge in [-0.25, -0.2) is 0 Å². The quantitative estimate of drug-likeness (QED) is 0.554. The predicted molar refractivity (Wildman–Crippen MR) is 46.5 cm³/mol. The van der Waals surface area contributed by atoms with Crippen molar-refractivity contribution in [2.75, 3.05) is 0 Å². The molecule has 0 amide bonds. The third-order valence-electron chi connectivity index (χ3n) is 2.17. The van der Waals surface area contributed by atoms with E-state index in [1.165, 1.54) is 16.8 Å². The lowest BCUT2D eigenvalue weighted by atomic mass is 9.97. The molecular weight excluding hydrogens is 136 g/mol. The van der Waals surface area contributed by atoms with Crippen LogP contribution in [0.1, 0.15) is 20.3 Å². The Labute approximate surface area is 66.7 Å². The Hall–Kier alpha value is -1.05. The first-order chi connectivity index (χ1) is 5.27. The van der Waals surface area contributed by atoms with Gasteiger partial charge in [-0.3, -0.25) is 4.99 Å². The van der Waals surface area contributed by atoms with Gasteiger partial charge in [0, 0.05) is 17.8 Å². The smallest absolute Gasteiger partial charge is 0.0616 e. The van der Waals surface area contributed by atoms with E-state index in [2.05, 4.69) is 24.2 Å². The first-order valence-electron chi connectivity index (χ1n) is 3.97. The number of aliphatic imine (C=N–C) groups is 1. The normalized spacial score (nSPS) is 28.2. The third-order valence-corrected chi connectivity index (χ3v) is 2.17. The molecule has 2 aliphatic rings. The van der Waals surface area contributed by atoms with Gasteiger partial charge in [0.15, 0.2) is 0 Å². The SMILES string of the molecule is CC1=C2C=NC=C2NC(C)C1. The van der Waals surface area contributed by atoms with Gasteiger partial charge in [-0.15, -0.1) is 0 Å². The van der Waals surface area contributed by atoms with E-state index in [9.17, 15) is 0 Å². The second kappa shape index (κ2) is 2.22. The zero-order valence-corrected chi connectivity index (χ0v) is 6.89. The second-order valence-corrected chi connectivity index (χ2v) is 3.26. The highest BCUT2D eigenvalue weighted by molar-refractivity contribution is 5.89. The van der Waals surface area contributed by atoms with Crippen molar-refractivity contribution in [3.63, 3.8) is 0 Å². The highest BCUT2D eigenvalue weighted by atomic mass is 15.0. The van der Waals surface area contributed by atoms with Crippen LogP contribution < -0.4 is 5.32 Å². The van der Waals surface area contributed by atoms with Gasteiger partial charge in [-0.1, -0.05) is 5.57 Å². The minimum Gasteiger partial charge on any atom is -0.380 e. The summed E-state index contributed by atoms with van der Waals surface area (Å²) in [5.74, 6) is 0. The molecule has 0 aromatic heterocycles. The first kappa shape index (κ1) is 6.65. The maximum absolute atomic E-state index is 4.11. The molecule has 1 N–H and O–H groups in total.